The smallest absolute Gasteiger partial charge is 0.159 e. The quantitative estimate of drug-likeness (QED) is 0.523. The topological polar surface area (TPSA) is 76.3 Å². The molecular weight excluding hydrogens is 324 g/mol. The van der Waals surface area contributed by atoms with Crippen molar-refractivity contribution >= 4 is 12.1 Å². The van der Waals surface area contributed by atoms with Crippen molar-refractivity contribution in [1.29, 1.82) is 0 Å². The van der Waals surface area contributed by atoms with Crippen LogP contribution in [-0.2, 0) is 0 Å². The summed E-state index contributed by atoms with van der Waals surface area (Å²) in [4.78, 5) is 25.9. The van der Waals surface area contributed by atoms with Crippen molar-refractivity contribution in [1.82, 2.24) is 19.9 Å². The fourth-order valence-electron chi connectivity index (χ4n) is 2.30. The van der Waals surface area contributed by atoms with Crippen LogP contribution in [0.1, 0.15) is 5.56 Å². The zero-order valence-corrected chi connectivity index (χ0v) is 14.0. The number of benzene rings is 1. The molecule has 1 aromatic carbocycles. The SMILES string of the molecule is C=CC=NC(=NC=C)c1cc(-c2ncccn2)cc(-c2ncccn2)c1. The van der Waals surface area contributed by atoms with Gasteiger partial charge < -0.3 is 0 Å². The van der Waals surface area contributed by atoms with Crippen LogP contribution in [0, 0.1) is 0 Å². The summed E-state index contributed by atoms with van der Waals surface area (Å²) in [6, 6.07) is 9.33. The number of rotatable bonds is 5. The van der Waals surface area contributed by atoms with Crippen LogP contribution in [0.15, 0.2) is 90.5 Å². The van der Waals surface area contributed by atoms with E-state index >= 15 is 0 Å². The Kier molecular flexibility index (Phi) is 5.47. The Morgan fingerprint density at radius 2 is 1.35 bits per heavy atom. The highest BCUT2D eigenvalue weighted by Gasteiger charge is 2.11. The molecule has 0 amide bonds. The number of amidine groups is 1. The van der Waals surface area contributed by atoms with E-state index in [1.165, 1.54) is 6.20 Å². The minimum absolute atomic E-state index is 0.495. The van der Waals surface area contributed by atoms with Crippen molar-refractivity contribution in [3.8, 4) is 22.8 Å². The summed E-state index contributed by atoms with van der Waals surface area (Å²) in [5.74, 6) is 1.68. The molecule has 26 heavy (non-hydrogen) atoms. The molecule has 0 radical (unpaired) electrons. The van der Waals surface area contributed by atoms with E-state index in [4.69, 9.17) is 0 Å². The second-order valence-corrected chi connectivity index (χ2v) is 5.09. The maximum absolute atomic E-state index is 4.33. The van der Waals surface area contributed by atoms with Crippen LogP contribution >= 0.6 is 0 Å². The Bertz CT molecular complexity index is 904. The Hall–Kier alpha value is -3.80. The molecule has 2 heterocycles. The maximum atomic E-state index is 4.33. The van der Waals surface area contributed by atoms with Crippen LogP contribution in [0.5, 0.6) is 0 Å². The van der Waals surface area contributed by atoms with Gasteiger partial charge in [-0.25, -0.2) is 29.9 Å². The van der Waals surface area contributed by atoms with Gasteiger partial charge in [-0.15, -0.1) is 0 Å². The van der Waals surface area contributed by atoms with Crippen molar-refractivity contribution in [3.63, 3.8) is 0 Å². The van der Waals surface area contributed by atoms with Gasteiger partial charge in [0.05, 0.1) is 0 Å². The summed E-state index contributed by atoms with van der Waals surface area (Å²) in [5.41, 5.74) is 2.41. The fourth-order valence-corrected chi connectivity index (χ4v) is 2.30. The molecule has 6 heteroatoms. The normalized spacial score (nSPS) is 11.5. The zero-order chi connectivity index (χ0) is 18.2. The van der Waals surface area contributed by atoms with Crippen molar-refractivity contribution in [3.05, 3.63) is 86.1 Å². The van der Waals surface area contributed by atoms with Gasteiger partial charge >= 0.3 is 0 Å². The largest absolute Gasteiger partial charge is 0.237 e. The first-order valence-corrected chi connectivity index (χ1v) is 7.86. The molecule has 0 saturated carbocycles. The Morgan fingerprint density at radius 1 is 0.808 bits per heavy atom. The molecule has 0 aliphatic carbocycles. The first kappa shape index (κ1) is 17.0. The third kappa shape index (κ3) is 3.99. The average Bonchev–Trinajstić information content (AvgIpc) is 2.72. The molecule has 0 saturated heterocycles. The number of hydrogen-bond acceptors (Lipinski definition) is 5. The molecule has 0 aliphatic rings. The van der Waals surface area contributed by atoms with E-state index in [2.05, 4.69) is 43.1 Å². The van der Waals surface area contributed by atoms with Gasteiger partial charge in [0.15, 0.2) is 17.5 Å². The van der Waals surface area contributed by atoms with Crippen LogP contribution < -0.4 is 0 Å². The Labute approximate surface area is 151 Å². The number of nitrogens with zero attached hydrogens (tertiary/aromatic N) is 6. The number of allylic oxidation sites excluding steroid dienone is 1. The van der Waals surface area contributed by atoms with Gasteiger partial charge in [0, 0.05) is 53.9 Å². The zero-order valence-electron chi connectivity index (χ0n) is 14.0. The van der Waals surface area contributed by atoms with Crippen molar-refractivity contribution < 1.29 is 0 Å². The van der Waals surface area contributed by atoms with Gasteiger partial charge in [0.1, 0.15) is 0 Å². The first-order valence-electron chi connectivity index (χ1n) is 7.86. The van der Waals surface area contributed by atoms with Crippen LogP contribution in [0.2, 0.25) is 0 Å². The third-order valence-electron chi connectivity index (χ3n) is 3.35. The molecular formula is C20H16N6. The molecule has 0 atom stereocenters. The van der Waals surface area contributed by atoms with E-state index in [1.54, 1.807) is 49.2 Å². The number of aromatic nitrogens is 4. The first-order chi connectivity index (χ1) is 12.8. The molecule has 6 nitrogen and oxygen atoms in total. The Balaban J connectivity index is 2.20. The van der Waals surface area contributed by atoms with Crippen LogP contribution in [0.3, 0.4) is 0 Å². The van der Waals surface area contributed by atoms with Crippen LogP contribution in [0.4, 0.5) is 0 Å². The molecule has 2 aromatic heterocycles. The lowest BCUT2D eigenvalue weighted by molar-refractivity contribution is 1.16. The van der Waals surface area contributed by atoms with Gasteiger partial charge in [0.25, 0.3) is 0 Å². The van der Waals surface area contributed by atoms with Gasteiger partial charge in [-0.2, -0.15) is 0 Å². The monoisotopic (exact) mass is 340 g/mol. The van der Waals surface area contributed by atoms with Gasteiger partial charge in [-0.1, -0.05) is 19.2 Å². The third-order valence-corrected chi connectivity index (χ3v) is 3.35. The van der Waals surface area contributed by atoms with Gasteiger partial charge in [0.2, 0.25) is 0 Å². The molecule has 3 aromatic rings. The van der Waals surface area contributed by atoms with Crippen LogP contribution in [0.25, 0.3) is 22.8 Å². The average molecular weight is 340 g/mol. The van der Waals surface area contributed by atoms with E-state index in [9.17, 15) is 0 Å². The summed E-state index contributed by atoms with van der Waals surface area (Å²) >= 11 is 0. The molecule has 0 N–H and O–H groups in total. The minimum atomic E-state index is 0.495. The van der Waals surface area contributed by atoms with Gasteiger partial charge in [-0.3, -0.25) is 0 Å². The summed E-state index contributed by atoms with van der Waals surface area (Å²) < 4.78 is 0. The standard InChI is InChI=1S/C20H16N6/c1-3-7-22-18(21-4-2)15-12-16(19-23-8-5-9-24-19)14-17(13-15)20-25-10-6-11-26-20/h3-14H,1-2H2. The molecule has 0 spiro atoms. The highest BCUT2D eigenvalue weighted by atomic mass is 14.9. The second-order valence-electron chi connectivity index (χ2n) is 5.09. The molecule has 0 fully saturated rings. The molecule has 0 bridgehead atoms. The second kappa shape index (κ2) is 8.34. The van der Waals surface area contributed by atoms with E-state index in [0.717, 1.165) is 16.7 Å². The number of aliphatic imine (C=N–C) groups is 2. The predicted molar refractivity (Wildman–Crippen MR) is 104 cm³/mol. The minimum Gasteiger partial charge on any atom is -0.237 e. The summed E-state index contributed by atoms with van der Waals surface area (Å²) in [6.07, 6.45) is 11.4. The molecule has 126 valence electrons. The summed E-state index contributed by atoms with van der Waals surface area (Å²) in [6.45, 7) is 7.31. The molecule has 3 rings (SSSR count). The van der Waals surface area contributed by atoms with Crippen molar-refractivity contribution in [2.75, 3.05) is 0 Å². The van der Waals surface area contributed by atoms with E-state index < -0.39 is 0 Å². The summed E-state index contributed by atoms with van der Waals surface area (Å²) in [7, 11) is 0. The van der Waals surface area contributed by atoms with Crippen molar-refractivity contribution in [2.24, 2.45) is 9.98 Å². The molecule has 0 unspecified atom stereocenters. The van der Waals surface area contributed by atoms with E-state index in [1.807, 2.05) is 18.2 Å². The van der Waals surface area contributed by atoms with E-state index in [0.29, 0.717) is 17.5 Å². The highest BCUT2D eigenvalue weighted by molar-refractivity contribution is 6.05. The van der Waals surface area contributed by atoms with Crippen molar-refractivity contribution in [2.45, 2.75) is 0 Å². The van der Waals surface area contributed by atoms with Gasteiger partial charge in [-0.05, 0) is 30.3 Å². The summed E-state index contributed by atoms with van der Waals surface area (Å²) in [5, 5.41) is 0. The maximum Gasteiger partial charge on any atom is 0.159 e. The fraction of sp³-hybridized carbons (Fsp3) is 0. The Morgan fingerprint density at radius 3 is 1.81 bits per heavy atom. The number of hydrogen-bond donors (Lipinski definition) is 0. The lowest BCUT2D eigenvalue weighted by Crippen LogP contribution is -2.00. The lowest BCUT2D eigenvalue weighted by Gasteiger charge is -2.08. The van der Waals surface area contributed by atoms with Crippen LogP contribution in [-0.4, -0.2) is 32.0 Å². The lowest BCUT2D eigenvalue weighted by atomic mass is 10.0. The van der Waals surface area contributed by atoms with E-state index in [-0.39, 0.29) is 0 Å². The highest BCUT2D eigenvalue weighted by Crippen LogP contribution is 2.25. The molecule has 0 aliphatic heterocycles. The predicted octanol–water partition coefficient (Wildman–Crippen LogP) is 3.75.